The second-order valence-corrected chi connectivity index (χ2v) is 8.52. The molecule has 2 aliphatic rings. The Labute approximate surface area is 197 Å². The summed E-state index contributed by atoms with van der Waals surface area (Å²) in [7, 11) is 1.66. The predicted octanol–water partition coefficient (Wildman–Crippen LogP) is 3.52. The number of anilines is 4. The Hall–Kier alpha value is -3.98. The van der Waals surface area contributed by atoms with Crippen molar-refractivity contribution in [3.8, 4) is 22.8 Å². The first-order chi connectivity index (χ1) is 16.7. The third-order valence-corrected chi connectivity index (χ3v) is 6.27. The largest absolute Gasteiger partial charge is 0.495 e. The zero-order valence-electron chi connectivity index (χ0n) is 18.9. The summed E-state index contributed by atoms with van der Waals surface area (Å²) >= 11 is 0. The summed E-state index contributed by atoms with van der Waals surface area (Å²) < 4.78 is 13.3. The second kappa shape index (κ2) is 8.42. The van der Waals surface area contributed by atoms with Crippen LogP contribution in [0.1, 0.15) is 6.42 Å². The second-order valence-electron chi connectivity index (χ2n) is 8.52. The van der Waals surface area contributed by atoms with E-state index in [-0.39, 0.29) is 6.10 Å². The molecule has 1 saturated heterocycles. The maximum atomic E-state index is 9.92. The molecule has 0 aliphatic carbocycles. The zero-order chi connectivity index (χ0) is 23.1. The van der Waals surface area contributed by atoms with Crippen molar-refractivity contribution < 1.29 is 14.6 Å². The van der Waals surface area contributed by atoms with Gasteiger partial charge in [0.15, 0.2) is 11.5 Å². The molecule has 3 N–H and O–H groups in total. The Morgan fingerprint density at radius 1 is 1.24 bits per heavy atom. The summed E-state index contributed by atoms with van der Waals surface area (Å²) in [6, 6.07) is 12.0. The number of rotatable bonds is 5. The fraction of sp³-hybridized carbons (Fsp3) is 0.280. The van der Waals surface area contributed by atoms with E-state index >= 15 is 0 Å². The molecule has 174 valence electrons. The van der Waals surface area contributed by atoms with Gasteiger partial charge < -0.3 is 34.5 Å². The standard InChI is InChI=1S/C25H26N6O3/c1-33-23-13-17(3-4-21(23)30-9-6-18(32)14-30)28-24-25-27-7-10-31(25)15-20(29-24)16-2-5-22-19(12-16)26-8-11-34-22/h2-5,7,10,12-13,15,18,26,32H,6,8-9,11,14H2,1H3,(H,28,29). The van der Waals surface area contributed by atoms with Crippen LogP contribution in [0.4, 0.5) is 22.9 Å². The van der Waals surface area contributed by atoms with Crippen molar-refractivity contribution in [2.24, 2.45) is 0 Å². The number of methoxy groups -OCH3 is 1. The summed E-state index contributed by atoms with van der Waals surface area (Å²) in [6.07, 6.45) is 6.11. The lowest BCUT2D eigenvalue weighted by Crippen LogP contribution is -2.21. The van der Waals surface area contributed by atoms with Gasteiger partial charge in [0.1, 0.15) is 18.1 Å². The fourth-order valence-corrected chi connectivity index (χ4v) is 4.57. The lowest BCUT2D eigenvalue weighted by Gasteiger charge is -2.21. The minimum atomic E-state index is -0.298. The van der Waals surface area contributed by atoms with E-state index in [1.165, 1.54) is 0 Å². The van der Waals surface area contributed by atoms with Crippen molar-refractivity contribution in [2.45, 2.75) is 12.5 Å². The van der Waals surface area contributed by atoms with E-state index in [1.807, 2.05) is 47.1 Å². The van der Waals surface area contributed by atoms with Crippen LogP contribution in [0.2, 0.25) is 0 Å². The number of fused-ring (bicyclic) bond motifs is 2. The monoisotopic (exact) mass is 458 g/mol. The van der Waals surface area contributed by atoms with Gasteiger partial charge >= 0.3 is 0 Å². The molecule has 34 heavy (non-hydrogen) atoms. The molecule has 2 aromatic heterocycles. The number of β-amino-alcohol motifs (C(OH)–C–C–N with tert-alkyl or cyclic N) is 1. The maximum Gasteiger partial charge on any atom is 0.180 e. The van der Waals surface area contributed by atoms with Crippen molar-refractivity contribution >= 4 is 28.5 Å². The van der Waals surface area contributed by atoms with Gasteiger partial charge in [-0.05, 0) is 36.8 Å². The molecule has 1 atom stereocenters. The van der Waals surface area contributed by atoms with Gasteiger partial charge in [-0.2, -0.15) is 0 Å². The van der Waals surface area contributed by atoms with E-state index in [0.717, 1.165) is 65.0 Å². The molecule has 9 heteroatoms. The average molecular weight is 459 g/mol. The lowest BCUT2D eigenvalue weighted by atomic mass is 10.1. The van der Waals surface area contributed by atoms with Crippen LogP contribution in [0.3, 0.4) is 0 Å². The Balaban J connectivity index is 1.35. The molecule has 2 aromatic carbocycles. The SMILES string of the molecule is COc1cc(Nc2nc(-c3ccc4c(c3)NCCO4)cn3ccnc23)ccc1N1CCC(O)C1. The number of aliphatic hydroxyl groups excluding tert-OH is 1. The van der Waals surface area contributed by atoms with E-state index in [2.05, 4.69) is 26.6 Å². The molecule has 4 heterocycles. The van der Waals surface area contributed by atoms with Crippen molar-refractivity contribution in [2.75, 3.05) is 48.9 Å². The van der Waals surface area contributed by atoms with Crippen molar-refractivity contribution in [1.82, 2.24) is 14.4 Å². The van der Waals surface area contributed by atoms with Crippen LogP contribution in [-0.2, 0) is 0 Å². The van der Waals surface area contributed by atoms with Crippen molar-refractivity contribution in [1.29, 1.82) is 0 Å². The third-order valence-electron chi connectivity index (χ3n) is 6.27. The molecule has 0 saturated carbocycles. The number of aromatic nitrogens is 3. The highest BCUT2D eigenvalue weighted by atomic mass is 16.5. The van der Waals surface area contributed by atoms with Gasteiger partial charge in [0, 0.05) is 55.5 Å². The molecule has 0 radical (unpaired) electrons. The smallest absolute Gasteiger partial charge is 0.180 e. The Bertz CT molecular complexity index is 1350. The Morgan fingerprint density at radius 3 is 3.03 bits per heavy atom. The van der Waals surface area contributed by atoms with Crippen LogP contribution in [-0.4, -0.2) is 58.9 Å². The van der Waals surface area contributed by atoms with Crippen LogP contribution in [0, 0.1) is 0 Å². The zero-order valence-corrected chi connectivity index (χ0v) is 18.9. The Morgan fingerprint density at radius 2 is 2.18 bits per heavy atom. The van der Waals surface area contributed by atoms with Gasteiger partial charge in [0.2, 0.25) is 0 Å². The number of hydrogen-bond acceptors (Lipinski definition) is 8. The molecule has 9 nitrogen and oxygen atoms in total. The van der Waals surface area contributed by atoms with Crippen LogP contribution in [0.25, 0.3) is 16.9 Å². The van der Waals surface area contributed by atoms with E-state index in [9.17, 15) is 5.11 Å². The summed E-state index contributed by atoms with van der Waals surface area (Å²) in [5, 5.41) is 16.7. The summed E-state index contributed by atoms with van der Waals surface area (Å²) in [5.41, 5.74) is 5.32. The van der Waals surface area contributed by atoms with Crippen LogP contribution in [0.15, 0.2) is 55.0 Å². The Kier molecular flexibility index (Phi) is 5.10. The molecule has 6 rings (SSSR count). The van der Waals surface area contributed by atoms with Crippen LogP contribution < -0.4 is 25.0 Å². The quantitative estimate of drug-likeness (QED) is 0.418. The first kappa shape index (κ1) is 20.6. The van der Waals surface area contributed by atoms with Gasteiger partial charge in [-0.3, -0.25) is 0 Å². The number of imidazole rings is 1. The van der Waals surface area contributed by atoms with Crippen LogP contribution >= 0.6 is 0 Å². The first-order valence-electron chi connectivity index (χ1n) is 11.4. The summed E-state index contributed by atoms with van der Waals surface area (Å²) in [6.45, 7) is 2.87. The van der Waals surface area contributed by atoms with E-state index < -0.39 is 0 Å². The first-order valence-corrected chi connectivity index (χ1v) is 11.4. The van der Waals surface area contributed by atoms with Crippen molar-refractivity contribution in [3.63, 3.8) is 0 Å². The molecular weight excluding hydrogens is 432 g/mol. The third kappa shape index (κ3) is 3.73. The fourth-order valence-electron chi connectivity index (χ4n) is 4.57. The average Bonchev–Trinajstić information content (AvgIpc) is 3.52. The molecule has 0 bridgehead atoms. The number of hydrogen-bond donors (Lipinski definition) is 3. The molecule has 1 fully saturated rings. The summed E-state index contributed by atoms with van der Waals surface area (Å²) in [4.78, 5) is 11.5. The van der Waals surface area contributed by atoms with Gasteiger partial charge in [0.25, 0.3) is 0 Å². The summed E-state index contributed by atoms with van der Waals surface area (Å²) in [5.74, 6) is 2.25. The molecule has 1 unspecified atom stereocenters. The number of nitrogens with zero attached hydrogens (tertiary/aromatic N) is 4. The maximum absolute atomic E-state index is 9.92. The number of benzene rings is 2. The van der Waals surface area contributed by atoms with E-state index in [1.54, 1.807) is 13.3 Å². The number of nitrogens with one attached hydrogen (secondary N) is 2. The number of aliphatic hydroxyl groups is 1. The van der Waals surface area contributed by atoms with Gasteiger partial charge in [0.05, 0.1) is 30.3 Å². The predicted molar refractivity (Wildman–Crippen MR) is 132 cm³/mol. The van der Waals surface area contributed by atoms with Gasteiger partial charge in [-0.15, -0.1) is 0 Å². The molecule has 0 spiro atoms. The van der Waals surface area contributed by atoms with Crippen molar-refractivity contribution in [3.05, 3.63) is 55.0 Å². The minimum Gasteiger partial charge on any atom is -0.495 e. The molecule has 0 amide bonds. The van der Waals surface area contributed by atoms with E-state index in [0.29, 0.717) is 19.0 Å². The molecule has 2 aliphatic heterocycles. The highest BCUT2D eigenvalue weighted by Crippen LogP contribution is 2.36. The topological polar surface area (TPSA) is 96.2 Å². The number of ether oxygens (including phenoxy) is 2. The molecule has 4 aromatic rings. The highest BCUT2D eigenvalue weighted by Gasteiger charge is 2.23. The van der Waals surface area contributed by atoms with Gasteiger partial charge in [-0.25, -0.2) is 9.97 Å². The van der Waals surface area contributed by atoms with Gasteiger partial charge in [-0.1, -0.05) is 0 Å². The lowest BCUT2D eigenvalue weighted by molar-refractivity contribution is 0.198. The van der Waals surface area contributed by atoms with Crippen LogP contribution in [0.5, 0.6) is 11.5 Å². The minimum absolute atomic E-state index is 0.298. The molecular formula is C25H26N6O3. The highest BCUT2D eigenvalue weighted by molar-refractivity contribution is 5.77. The normalized spacial score (nSPS) is 17.2. The van der Waals surface area contributed by atoms with E-state index in [4.69, 9.17) is 14.5 Å².